The summed E-state index contributed by atoms with van der Waals surface area (Å²) in [5.41, 5.74) is 3.34. The van der Waals surface area contributed by atoms with Gasteiger partial charge in [0.05, 0.1) is 23.6 Å². The molecule has 5 heteroatoms. The molecule has 1 aliphatic rings. The van der Waals surface area contributed by atoms with Gasteiger partial charge in [0, 0.05) is 25.8 Å². The molecule has 3 rings (SSSR count). The Morgan fingerprint density at radius 2 is 2.22 bits per heavy atom. The maximum atomic E-state index is 4.57. The third-order valence-corrected chi connectivity index (χ3v) is 3.27. The third kappa shape index (κ3) is 2.61. The molecule has 0 aliphatic heterocycles. The van der Waals surface area contributed by atoms with Gasteiger partial charge in [0.1, 0.15) is 0 Å². The highest BCUT2D eigenvalue weighted by Gasteiger charge is 2.20. The highest BCUT2D eigenvalue weighted by atomic mass is 15.3. The number of nitrogens with one attached hydrogen (secondary N) is 1. The van der Waals surface area contributed by atoms with E-state index >= 15 is 0 Å². The fraction of sp³-hybridized carbons (Fsp3) is 0.538. The number of hydrogen-bond acceptors (Lipinski definition) is 3. The van der Waals surface area contributed by atoms with Gasteiger partial charge in [0.15, 0.2) is 0 Å². The smallest absolute Gasteiger partial charge is 0.0828 e. The van der Waals surface area contributed by atoms with E-state index in [1.807, 2.05) is 29.5 Å². The van der Waals surface area contributed by atoms with Crippen LogP contribution in [0.15, 0.2) is 18.3 Å². The zero-order chi connectivity index (χ0) is 12.5. The summed E-state index contributed by atoms with van der Waals surface area (Å²) >= 11 is 0. The van der Waals surface area contributed by atoms with Gasteiger partial charge in [-0.15, -0.1) is 0 Å². The van der Waals surface area contributed by atoms with Crippen LogP contribution in [0.4, 0.5) is 0 Å². The van der Waals surface area contributed by atoms with Crippen LogP contribution < -0.4 is 5.32 Å². The van der Waals surface area contributed by atoms with Crippen molar-refractivity contribution in [1.82, 2.24) is 24.9 Å². The Hall–Kier alpha value is -1.62. The number of aryl methyl sites for hydroxylation is 2. The first-order valence-corrected chi connectivity index (χ1v) is 6.46. The largest absolute Gasteiger partial charge is 0.308 e. The number of hydrogen-bond donors (Lipinski definition) is 1. The van der Waals surface area contributed by atoms with Crippen LogP contribution in [0.1, 0.15) is 29.9 Å². The Bertz CT molecular complexity index is 535. The normalized spacial score (nSPS) is 15.2. The maximum absolute atomic E-state index is 4.57. The van der Waals surface area contributed by atoms with Crippen molar-refractivity contribution in [2.24, 2.45) is 7.05 Å². The van der Waals surface area contributed by atoms with Crippen molar-refractivity contribution in [1.29, 1.82) is 0 Å². The molecule has 0 saturated heterocycles. The summed E-state index contributed by atoms with van der Waals surface area (Å²) < 4.78 is 3.89. The van der Waals surface area contributed by atoms with Crippen LogP contribution in [0, 0.1) is 6.92 Å². The minimum absolute atomic E-state index is 0.731. The van der Waals surface area contributed by atoms with E-state index in [1.165, 1.54) is 18.5 Å². The van der Waals surface area contributed by atoms with Crippen LogP contribution >= 0.6 is 0 Å². The first-order valence-electron chi connectivity index (χ1n) is 6.46. The monoisotopic (exact) mass is 245 g/mol. The van der Waals surface area contributed by atoms with Crippen molar-refractivity contribution in [2.75, 3.05) is 0 Å². The molecule has 18 heavy (non-hydrogen) atoms. The van der Waals surface area contributed by atoms with Gasteiger partial charge in [0.2, 0.25) is 0 Å². The van der Waals surface area contributed by atoms with Gasteiger partial charge in [0.25, 0.3) is 0 Å². The molecule has 0 unspecified atom stereocenters. The average Bonchev–Trinajstić information content (AvgIpc) is 2.97. The molecule has 1 aliphatic carbocycles. The summed E-state index contributed by atoms with van der Waals surface area (Å²) in [5, 5.41) is 12.4. The van der Waals surface area contributed by atoms with Crippen molar-refractivity contribution in [3.05, 3.63) is 35.4 Å². The number of rotatable bonds is 5. The van der Waals surface area contributed by atoms with Crippen LogP contribution in [0.3, 0.4) is 0 Å². The summed E-state index contributed by atoms with van der Waals surface area (Å²) in [4.78, 5) is 0. The highest BCUT2D eigenvalue weighted by Crippen LogP contribution is 2.19. The molecule has 1 fully saturated rings. The lowest BCUT2D eigenvalue weighted by molar-refractivity contribution is 0.599. The molecule has 5 nitrogen and oxygen atoms in total. The zero-order valence-electron chi connectivity index (χ0n) is 10.9. The molecular formula is C13H19N5. The van der Waals surface area contributed by atoms with E-state index in [1.54, 1.807) is 0 Å². The Kier molecular flexibility index (Phi) is 2.91. The third-order valence-electron chi connectivity index (χ3n) is 3.27. The summed E-state index contributed by atoms with van der Waals surface area (Å²) in [7, 11) is 1.97. The van der Waals surface area contributed by atoms with E-state index in [2.05, 4.69) is 27.6 Å². The van der Waals surface area contributed by atoms with Crippen LogP contribution in [0.25, 0.3) is 0 Å². The highest BCUT2D eigenvalue weighted by molar-refractivity contribution is 5.09. The van der Waals surface area contributed by atoms with E-state index in [9.17, 15) is 0 Å². The second-order valence-electron chi connectivity index (χ2n) is 5.06. The summed E-state index contributed by atoms with van der Waals surface area (Å²) in [6, 6.07) is 4.91. The van der Waals surface area contributed by atoms with Crippen molar-refractivity contribution in [2.45, 2.75) is 38.9 Å². The second kappa shape index (κ2) is 4.57. The predicted octanol–water partition coefficient (Wildman–Crippen LogP) is 1.23. The quantitative estimate of drug-likeness (QED) is 0.861. The van der Waals surface area contributed by atoms with E-state index in [4.69, 9.17) is 0 Å². The van der Waals surface area contributed by atoms with Crippen molar-refractivity contribution < 1.29 is 0 Å². The second-order valence-corrected chi connectivity index (χ2v) is 5.06. The first-order chi connectivity index (χ1) is 8.70. The van der Waals surface area contributed by atoms with Gasteiger partial charge in [-0.25, -0.2) is 0 Å². The van der Waals surface area contributed by atoms with E-state index in [0.717, 1.165) is 30.5 Å². The summed E-state index contributed by atoms with van der Waals surface area (Å²) in [6.07, 6.45) is 4.66. The Balaban J connectivity index is 1.63. The van der Waals surface area contributed by atoms with Gasteiger partial charge in [-0.3, -0.25) is 9.36 Å². The lowest BCUT2D eigenvalue weighted by Gasteiger charge is -2.02. The summed E-state index contributed by atoms with van der Waals surface area (Å²) in [5.74, 6) is 0. The van der Waals surface area contributed by atoms with Crippen molar-refractivity contribution in [3.63, 3.8) is 0 Å². The Morgan fingerprint density at radius 3 is 2.89 bits per heavy atom. The molecule has 0 atom stereocenters. The maximum Gasteiger partial charge on any atom is 0.0828 e. The number of nitrogens with zero attached hydrogens (tertiary/aromatic N) is 4. The molecule has 1 N–H and O–H groups in total. The summed E-state index contributed by atoms with van der Waals surface area (Å²) in [6.45, 7) is 3.67. The molecule has 1 saturated carbocycles. The van der Waals surface area contributed by atoms with Gasteiger partial charge in [-0.1, -0.05) is 0 Å². The molecule has 2 aromatic heterocycles. The van der Waals surface area contributed by atoms with Gasteiger partial charge in [-0.2, -0.15) is 10.2 Å². The van der Waals surface area contributed by atoms with Crippen LogP contribution in [0.5, 0.6) is 0 Å². The number of aromatic nitrogens is 4. The molecule has 96 valence electrons. The Morgan fingerprint density at radius 1 is 1.39 bits per heavy atom. The standard InChI is InChI=1S/C13H19N5/c1-10-7-13(17(2)15-10)9-18-6-5-12(16-18)8-14-11-3-4-11/h5-7,11,14H,3-4,8-9H2,1-2H3. The fourth-order valence-corrected chi connectivity index (χ4v) is 2.10. The minimum Gasteiger partial charge on any atom is -0.308 e. The first kappa shape index (κ1) is 11.5. The van der Waals surface area contributed by atoms with Crippen LogP contribution in [-0.4, -0.2) is 25.6 Å². The van der Waals surface area contributed by atoms with Crippen LogP contribution in [-0.2, 0) is 20.1 Å². The van der Waals surface area contributed by atoms with Gasteiger partial charge < -0.3 is 5.32 Å². The lowest BCUT2D eigenvalue weighted by atomic mass is 10.4. The van der Waals surface area contributed by atoms with Crippen molar-refractivity contribution in [3.8, 4) is 0 Å². The predicted molar refractivity (Wildman–Crippen MR) is 69.1 cm³/mol. The fourth-order valence-electron chi connectivity index (χ4n) is 2.10. The lowest BCUT2D eigenvalue weighted by Crippen LogP contribution is -2.16. The van der Waals surface area contributed by atoms with E-state index in [-0.39, 0.29) is 0 Å². The van der Waals surface area contributed by atoms with E-state index in [0.29, 0.717) is 0 Å². The van der Waals surface area contributed by atoms with Crippen LogP contribution in [0.2, 0.25) is 0 Å². The molecule has 2 aromatic rings. The molecule has 0 radical (unpaired) electrons. The molecule has 2 heterocycles. The van der Waals surface area contributed by atoms with Crippen molar-refractivity contribution >= 4 is 0 Å². The average molecular weight is 245 g/mol. The van der Waals surface area contributed by atoms with E-state index < -0.39 is 0 Å². The molecular weight excluding hydrogens is 226 g/mol. The minimum atomic E-state index is 0.731. The molecule has 0 spiro atoms. The zero-order valence-corrected chi connectivity index (χ0v) is 10.9. The van der Waals surface area contributed by atoms with Gasteiger partial charge in [-0.05, 0) is 31.9 Å². The molecule has 0 amide bonds. The topological polar surface area (TPSA) is 47.7 Å². The molecule has 0 aromatic carbocycles. The Labute approximate surface area is 107 Å². The molecule has 0 bridgehead atoms. The van der Waals surface area contributed by atoms with Gasteiger partial charge >= 0.3 is 0 Å². The SMILES string of the molecule is Cc1cc(Cn2ccc(CNC3CC3)n2)n(C)n1.